The van der Waals surface area contributed by atoms with Crippen LogP contribution >= 0.6 is 11.6 Å². The third-order valence-corrected chi connectivity index (χ3v) is 16.6. The molecule has 5 aliphatic carbocycles. The number of Topliss-reactive ketones (excluding diaryl/α,β-unsaturated/α-hetero) is 1. The molecule has 9 atom stereocenters. The number of hydrogen-bond acceptors (Lipinski definition) is 6. The normalized spacial score (nSPS) is 37.0. The molecule has 53 heavy (non-hydrogen) atoms. The summed E-state index contributed by atoms with van der Waals surface area (Å²) in [5.41, 5.74) is 2.21. The second-order valence-corrected chi connectivity index (χ2v) is 20.5. The molecule has 0 radical (unpaired) electrons. The van der Waals surface area contributed by atoms with Crippen molar-refractivity contribution in [1.82, 2.24) is 5.32 Å². The van der Waals surface area contributed by atoms with Crippen molar-refractivity contribution in [2.75, 3.05) is 13.7 Å². The predicted octanol–water partition coefficient (Wildman–Crippen LogP) is 9.84. The summed E-state index contributed by atoms with van der Waals surface area (Å²) in [7, 11) is 1.83. The second-order valence-electron chi connectivity index (χ2n) is 20.0. The lowest BCUT2D eigenvalue weighted by atomic mass is 9.33. The highest BCUT2D eigenvalue weighted by Crippen LogP contribution is 2.77. The molecule has 5 aliphatic rings. The van der Waals surface area contributed by atoms with Crippen LogP contribution in [0, 0.1) is 56.2 Å². The van der Waals surface area contributed by atoms with E-state index in [1.807, 2.05) is 19.2 Å². The van der Waals surface area contributed by atoms with Crippen LogP contribution in [0.3, 0.4) is 0 Å². The molecular formula is C45H66ClNO6. The minimum Gasteiger partial charge on any atom is -0.481 e. The summed E-state index contributed by atoms with van der Waals surface area (Å²) in [4.78, 5) is 39.1. The van der Waals surface area contributed by atoms with Crippen molar-refractivity contribution in [2.24, 2.45) is 56.2 Å². The highest BCUT2D eigenvalue weighted by atomic mass is 35.5. The molecule has 0 saturated heterocycles. The minimum absolute atomic E-state index is 0.0401. The molecule has 0 aliphatic heterocycles. The Balaban J connectivity index is 1.27. The quantitative estimate of drug-likeness (QED) is 0.217. The maximum absolute atomic E-state index is 14.2. The molecule has 8 heteroatoms. The van der Waals surface area contributed by atoms with Gasteiger partial charge in [0.2, 0.25) is 0 Å². The van der Waals surface area contributed by atoms with Crippen molar-refractivity contribution >= 4 is 29.3 Å². The third kappa shape index (κ3) is 6.45. The Morgan fingerprint density at radius 2 is 1.62 bits per heavy atom. The van der Waals surface area contributed by atoms with Crippen molar-refractivity contribution in [1.29, 1.82) is 0 Å². The summed E-state index contributed by atoms with van der Waals surface area (Å²) in [5.74, 6) is 0.332. The summed E-state index contributed by atoms with van der Waals surface area (Å²) >= 11 is 6.15. The first kappa shape index (κ1) is 40.4. The van der Waals surface area contributed by atoms with Gasteiger partial charge in [0.05, 0.1) is 17.9 Å². The number of esters is 1. The fourth-order valence-electron chi connectivity index (χ4n) is 13.4. The predicted molar refractivity (Wildman–Crippen MR) is 209 cm³/mol. The van der Waals surface area contributed by atoms with Crippen molar-refractivity contribution in [2.45, 2.75) is 145 Å². The van der Waals surface area contributed by atoms with Crippen LogP contribution in [-0.2, 0) is 30.4 Å². The zero-order chi connectivity index (χ0) is 38.9. The van der Waals surface area contributed by atoms with Gasteiger partial charge in [-0.2, -0.15) is 0 Å². The number of carboxylic acid groups (broad SMARTS) is 1. The first-order chi connectivity index (χ1) is 24.7. The number of halogens is 1. The lowest BCUT2D eigenvalue weighted by molar-refractivity contribution is -0.235. The molecule has 4 fully saturated rings. The number of aliphatic carboxylic acids is 1. The molecule has 294 valence electrons. The van der Waals surface area contributed by atoms with E-state index in [-0.39, 0.29) is 51.6 Å². The van der Waals surface area contributed by atoms with Crippen molar-refractivity contribution in [3.05, 3.63) is 46.0 Å². The van der Waals surface area contributed by atoms with Crippen LogP contribution in [0.5, 0.6) is 0 Å². The van der Waals surface area contributed by atoms with Gasteiger partial charge in [-0.1, -0.05) is 77.8 Å². The molecule has 4 saturated carbocycles. The Bertz CT molecular complexity index is 1630. The molecule has 0 bridgehead atoms. The zero-order valence-corrected chi connectivity index (χ0v) is 34.9. The number of nitrogens with one attached hydrogen (secondary N) is 1. The van der Waals surface area contributed by atoms with E-state index < -0.39 is 17.4 Å². The fourth-order valence-corrected chi connectivity index (χ4v) is 13.5. The van der Waals surface area contributed by atoms with Crippen LogP contribution in [0.1, 0.15) is 132 Å². The van der Waals surface area contributed by atoms with Crippen LogP contribution in [0.4, 0.5) is 0 Å². The molecule has 2 N–H and O–H groups in total. The van der Waals surface area contributed by atoms with Crippen molar-refractivity contribution in [3.63, 3.8) is 0 Å². The van der Waals surface area contributed by atoms with Gasteiger partial charge in [0.25, 0.3) is 0 Å². The zero-order valence-electron chi connectivity index (χ0n) is 34.1. The topological polar surface area (TPSA) is 102 Å². The number of fused-ring (bicyclic) bond motifs is 7. The van der Waals surface area contributed by atoms with Crippen LogP contribution < -0.4 is 5.32 Å². The number of methoxy groups -OCH3 is 1. The van der Waals surface area contributed by atoms with Crippen molar-refractivity contribution < 1.29 is 29.0 Å². The highest BCUT2D eigenvalue weighted by molar-refractivity contribution is 6.30. The lowest BCUT2D eigenvalue weighted by Crippen LogP contribution is -2.66. The van der Waals surface area contributed by atoms with Gasteiger partial charge < -0.3 is 19.9 Å². The Morgan fingerprint density at radius 1 is 0.943 bits per heavy atom. The van der Waals surface area contributed by atoms with E-state index in [9.17, 15) is 19.5 Å². The Labute approximate surface area is 323 Å². The Hall–Kier alpha value is -2.22. The third-order valence-electron chi connectivity index (χ3n) is 16.3. The fraction of sp³-hybridized carbons (Fsp3) is 0.756. The Morgan fingerprint density at radius 3 is 2.25 bits per heavy atom. The maximum Gasteiger partial charge on any atom is 0.309 e. The average Bonchev–Trinajstić information content (AvgIpc) is 3.38. The lowest BCUT2D eigenvalue weighted by Gasteiger charge is -2.72. The van der Waals surface area contributed by atoms with Crippen LogP contribution in [0.25, 0.3) is 0 Å². The SMILES string of the molecule is CO[C@@H](CNCc1ccc(Cl)cc1)[C@@]12CC[C@]3(C)[C@H](CC[C@@H]4[C@@]5(C)CC[C@H](OC(=O)CC(C)(C)C(=O)O)C(C)(C)[C@@H]5CC[C@]43C)C1=C(C(C)C)C(=O)C2. The molecule has 7 nitrogen and oxygen atoms in total. The van der Waals surface area contributed by atoms with Gasteiger partial charge in [-0.3, -0.25) is 14.4 Å². The second kappa shape index (κ2) is 14.1. The first-order valence-electron chi connectivity index (χ1n) is 20.4. The Kier molecular flexibility index (Phi) is 10.7. The maximum atomic E-state index is 14.2. The van der Waals surface area contributed by atoms with E-state index in [1.54, 1.807) is 13.8 Å². The van der Waals surface area contributed by atoms with Crippen molar-refractivity contribution in [3.8, 4) is 0 Å². The molecule has 6 rings (SSSR count). The molecule has 0 amide bonds. The number of benzene rings is 1. The number of rotatable bonds is 11. The number of allylic oxidation sites excluding steroid dienone is 1. The van der Waals surface area contributed by atoms with Crippen LogP contribution in [0.2, 0.25) is 5.02 Å². The molecule has 0 heterocycles. The monoisotopic (exact) mass is 751 g/mol. The number of carboxylic acids is 1. The summed E-state index contributed by atoms with van der Waals surface area (Å²) in [6.45, 7) is 21.3. The number of ether oxygens (including phenoxy) is 2. The standard InChI is InChI=1S/C45H66ClNO6/c1-27(2)37-31(48)23-45(35(52-10)26-47-25-28-11-13-29(46)14-12-28)22-21-43(8)30(38(37)45)15-16-33-42(7)19-18-34(53-36(49)24-40(3,4)39(50)51)41(5,6)32(42)17-20-44(33,43)9/h11-14,27,30,32-35,47H,15-26H2,1-10H3,(H,50,51)/t30-,32+,33-,34+,35+,42+,43-,44-,45+/m1/s1. The van der Waals surface area contributed by atoms with Gasteiger partial charge in [0.1, 0.15) is 6.10 Å². The molecule has 1 aromatic carbocycles. The summed E-state index contributed by atoms with van der Waals surface area (Å²) in [6.07, 6.45) is 8.30. The molecule has 0 aromatic heterocycles. The van der Waals surface area contributed by atoms with E-state index >= 15 is 0 Å². The van der Waals surface area contributed by atoms with Gasteiger partial charge in [0.15, 0.2) is 5.78 Å². The number of carbonyl (C=O) groups is 3. The molecular weight excluding hydrogens is 686 g/mol. The molecule has 1 aromatic rings. The first-order valence-corrected chi connectivity index (χ1v) is 20.7. The number of hydrogen-bond donors (Lipinski definition) is 2. The van der Waals surface area contributed by atoms with Gasteiger partial charge >= 0.3 is 11.9 Å². The number of carbonyl (C=O) groups excluding carboxylic acids is 2. The summed E-state index contributed by atoms with van der Waals surface area (Å²) < 4.78 is 12.6. The largest absolute Gasteiger partial charge is 0.481 e. The van der Waals surface area contributed by atoms with E-state index in [0.717, 1.165) is 62.0 Å². The highest BCUT2D eigenvalue weighted by Gasteiger charge is 2.71. The minimum atomic E-state index is -1.16. The number of ketones is 1. The summed E-state index contributed by atoms with van der Waals surface area (Å²) in [6, 6.07) is 7.97. The van der Waals surface area contributed by atoms with E-state index in [2.05, 4.69) is 65.9 Å². The van der Waals surface area contributed by atoms with Crippen LogP contribution in [0.15, 0.2) is 35.4 Å². The van der Waals surface area contributed by atoms with Gasteiger partial charge in [-0.25, -0.2) is 0 Å². The molecule has 0 unspecified atom stereocenters. The van der Waals surface area contributed by atoms with Gasteiger partial charge in [-0.15, -0.1) is 0 Å². The molecule has 0 spiro atoms. The van der Waals surface area contributed by atoms with Crippen LogP contribution in [-0.4, -0.2) is 48.7 Å². The average molecular weight is 752 g/mol. The van der Waals surface area contributed by atoms with Gasteiger partial charge in [0, 0.05) is 42.5 Å². The smallest absolute Gasteiger partial charge is 0.309 e. The summed E-state index contributed by atoms with van der Waals surface area (Å²) in [5, 5.41) is 14.0. The van der Waals surface area contributed by atoms with E-state index in [4.69, 9.17) is 21.1 Å². The van der Waals surface area contributed by atoms with E-state index in [1.165, 1.54) is 11.1 Å². The van der Waals surface area contributed by atoms with E-state index in [0.29, 0.717) is 43.0 Å². The van der Waals surface area contributed by atoms with Gasteiger partial charge in [-0.05, 0) is 128 Å².